The molecular weight excluding hydrogens is 254 g/mol. The second-order valence-corrected chi connectivity index (χ2v) is 5.05. The van der Waals surface area contributed by atoms with E-state index in [2.05, 4.69) is 16.8 Å². The Morgan fingerprint density at radius 1 is 1.30 bits per heavy atom. The quantitative estimate of drug-likeness (QED) is 0.866. The third-order valence-electron chi connectivity index (χ3n) is 3.49. The second kappa shape index (κ2) is 7.33. The fourth-order valence-electron chi connectivity index (χ4n) is 2.42. The molecule has 2 rings (SSSR count). The Balaban J connectivity index is 1.99. The molecule has 0 radical (unpaired) electrons. The van der Waals surface area contributed by atoms with Crippen molar-refractivity contribution in [1.29, 1.82) is 0 Å². The van der Waals surface area contributed by atoms with E-state index in [-0.39, 0.29) is 0 Å². The Kier molecular flexibility index (Phi) is 5.47. The number of piperidine rings is 1. The van der Waals surface area contributed by atoms with Crippen LogP contribution in [0.4, 0.5) is 11.5 Å². The maximum Gasteiger partial charge on any atom is 0.239 e. The SMILES string of the molecule is CCCOc1nc(N2CCC(OCC)CC2)ccc1N. The second-order valence-electron chi connectivity index (χ2n) is 5.05. The van der Waals surface area contributed by atoms with E-state index in [0.717, 1.165) is 44.8 Å². The Morgan fingerprint density at radius 2 is 2.05 bits per heavy atom. The topological polar surface area (TPSA) is 60.6 Å². The molecule has 0 amide bonds. The molecule has 1 aromatic rings. The van der Waals surface area contributed by atoms with Crippen LogP contribution in [0.15, 0.2) is 12.1 Å². The summed E-state index contributed by atoms with van der Waals surface area (Å²) in [5, 5.41) is 0. The van der Waals surface area contributed by atoms with Crippen LogP contribution in [0.3, 0.4) is 0 Å². The molecule has 0 bridgehead atoms. The highest BCUT2D eigenvalue weighted by Crippen LogP contribution is 2.25. The molecule has 1 aliphatic rings. The van der Waals surface area contributed by atoms with Gasteiger partial charge in [-0.05, 0) is 38.3 Å². The summed E-state index contributed by atoms with van der Waals surface area (Å²) in [6.45, 7) is 7.49. The highest BCUT2D eigenvalue weighted by atomic mass is 16.5. The van der Waals surface area contributed by atoms with E-state index in [0.29, 0.717) is 24.3 Å². The normalized spacial score (nSPS) is 16.4. The lowest BCUT2D eigenvalue weighted by atomic mass is 10.1. The highest BCUT2D eigenvalue weighted by molar-refractivity contribution is 5.54. The summed E-state index contributed by atoms with van der Waals surface area (Å²) in [6.07, 6.45) is 3.43. The van der Waals surface area contributed by atoms with E-state index in [4.69, 9.17) is 15.2 Å². The van der Waals surface area contributed by atoms with Crippen molar-refractivity contribution in [3.63, 3.8) is 0 Å². The van der Waals surface area contributed by atoms with Gasteiger partial charge in [0.1, 0.15) is 5.82 Å². The number of anilines is 2. The van der Waals surface area contributed by atoms with Crippen LogP contribution in [-0.2, 0) is 4.74 Å². The maximum atomic E-state index is 5.90. The largest absolute Gasteiger partial charge is 0.476 e. The first-order valence-electron chi connectivity index (χ1n) is 7.50. The number of rotatable bonds is 6. The van der Waals surface area contributed by atoms with Crippen LogP contribution in [0.2, 0.25) is 0 Å². The van der Waals surface area contributed by atoms with Gasteiger partial charge in [-0.3, -0.25) is 0 Å². The number of nitrogens with zero attached hydrogens (tertiary/aromatic N) is 2. The van der Waals surface area contributed by atoms with Crippen molar-refractivity contribution in [2.24, 2.45) is 0 Å². The van der Waals surface area contributed by atoms with Gasteiger partial charge in [-0.15, -0.1) is 0 Å². The number of ether oxygens (including phenoxy) is 2. The summed E-state index contributed by atoms with van der Waals surface area (Å²) in [5.74, 6) is 1.50. The molecule has 5 heteroatoms. The molecule has 1 fully saturated rings. The zero-order chi connectivity index (χ0) is 14.4. The maximum absolute atomic E-state index is 5.90. The molecule has 1 aromatic heterocycles. The summed E-state index contributed by atoms with van der Waals surface area (Å²) in [6, 6.07) is 3.84. The summed E-state index contributed by atoms with van der Waals surface area (Å²) < 4.78 is 11.3. The number of nitrogens with two attached hydrogens (primary N) is 1. The van der Waals surface area contributed by atoms with Gasteiger partial charge in [-0.25, -0.2) is 0 Å². The van der Waals surface area contributed by atoms with Crippen LogP contribution in [0.25, 0.3) is 0 Å². The van der Waals surface area contributed by atoms with Gasteiger partial charge in [0.05, 0.1) is 18.4 Å². The van der Waals surface area contributed by atoms with Gasteiger partial charge in [0, 0.05) is 19.7 Å². The van der Waals surface area contributed by atoms with Crippen molar-refractivity contribution in [3.05, 3.63) is 12.1 Å². The van der Waals surface area contributed by atoms with Gasteiger partial charge in [0.2, 0.25) is 5.88 Å². The van der Waals surface area contributed by atoms with E-state index < -0.39 is 0 Å². The summed E-state index contributed by atoms with van der Waals surface area (Å²) in [5.41, 5.74) is 6.50. The van der Waals surface area contributed by atoms with Crippen molar-refractivity contribution in [3.8, 4) is 5.88 Å². The smallest absolute Gasteiger partial charge is 0.239 e. The molecule has 1 saturated heterocycles. The Bertz CT molecular complexity index is 418. The van der Waals surface area contributed by atoms with E-state index in [1.54, 1.807) is 0 Å². The molecule has 2 N–H and O–H groups in total. The third kappa shape index (κ3) is 3.76. The lowest BCUT2D eigenvalue weighted by Crippen LogP contribution is -2.37. The van der Waals surface area contributed by atoms with Gasteiger partial charge < -0.3 is 20.1 Å². The molecule has 0 spiro atoms. The van der Waals surface area contributed by atoms with Crippen LogP contribution in [0.5, 0.6) is 5.88 Å². The third-order valence-corrected chi connectivity index (χ3v) is 3.49. The Hall–Kier alpha value is -1.49. The van der Waals surface area contributed by atoms with Crippen LogP contribution in [0.1, 0.15) is 33.1 Å². The predicted octanol–water partition coefficient (Wildman–Crippen LogP) is 2.46. The van der Waals surface area contributed by atoms with Crippen molar-refractivity contribution >= 4 is 11.5 Å². The fourth-order valence-corrected chi connectivity index (χ4v) is 2.42. The van der Waals surface area contributed by atoms with Crippen LogP contribution in [0, 0.1) is 0 Å². The van der Waals surface area contributed by atoms with Crippen LogP contribution < -0.4 is 15.4 Å². The summed E-state index contributed by atoms with van der Waals surface area (Å²) in [4.78, 5) is 6.81. The number of hydrogen-bond acceptors (Lipinski definition) is 5. The van der Waals surface area contributed by atoms with Crippen LogP contribution >= 0.6 is 0 Å². The molecule has 0 aromatic carbocycles. The van der Waals surface area contributed by atoms with Crippen molar-refractivity contribution in [2.45, 2.75) is 39.2 Å². The first-order valence-corrected chi connectivity index (χ1v) is 7.50. The van der Waals surface area contributed by atoms with Gasteiger partial charge in [-0.2, -0.15) is 4.98 Å². The first kappa shape index (κ1) is 14.9. The molecule has 20 heavy (non-hydrogen) atoms. The number of aromatic nitrogens is 1. The van der Waals surface area contributed by atoms with E-state index >= 15 is 0 Å². The van der Waals surface area contributed by atoms with E-state index in [1.807, 2.05) is 19.1 Å². The minimum Gasteiger partial charge on any atom is -0.476 e. The lowest BCUT2D eigenvalue weighted by molar-refractivity contribution is 0.0458. The number of hydrogen-bond donors (Lipinski definition) is 1. The first-order chi connectivity index (χ1) is 9.74. The van der Waals surface area contributed by atoms with Gasteiger partial charge in [0.25, 0.3) is 0 Å². The average molecular weight is 279 g/mol. The van der Waals surface area contributed by atoms with E-state index in [1.165, 1.54) is 0 Å². The molecular formula is C15H25N3O2. The fraction of sp³-hybridized carbons (Fsp3) is 0.667. The summed E-state index contributed by atoms with van der Waals surface area (Å²) >= 11 is 0. The molecule has 0 saturated carbocycles. The highest BCUT2D eigenvalue weighted by Gasteiger charge is 2.20. The van der Waals surface area contributed by atoms with Crippen LogP contribution in [-0.4, -0.2) is 37.4 Å². The number of pyridine rings is 1. The van der Waals surface area contributed by atoms with Crippen molar-refractivity contribution in [2.75, 3.05) is 36.9 Å². The van der Waals surface area contributed by atoms with Gasteiger partial charge >= 0.3 is 0 Å². The van der Waals surface area contributed by atoms with Crippen molar-refractivity contribution < 1.29 is 9.47 Å². The number of nitrogen functional groups attached to an aromatic ring is 1. The van der Waals surface area contributed by atoms with Gasteiger partial charge in [0.15, 0.2) is 0 Å². The minimum atomic E-state index is 0.390. The lowest BCUT2D eigenvalue weighted by Gasteiger charge is -2.32. The molecule has 5 nitrogen and oxygen atoms in total. The average Bonchev–Trinajstić information content (AvgIpc) is 2.48. The monoisotopic (exact) mass is 279 g/mol. The van der Waals surface area contributed by atoms with Crippen molar-refractivity contribution in [1.82, 2.24) is 4.98 Å². The standard InChI is InChI=1S/C15H25N3O2/c1-3-11-20-15-13(16)5-6-14(17-15)18-9-7-12(8-10-18)19-4-2/h5-6,12H,3-4,7-11,16H2,1-2H3. The minimum absolute atomic E-state index is 0.390. The molecule has 0 atom stereocenters. The zero-order valence-electron chi connectivity index (χ0n) is 12.5. The molecule has 0 aliphatic carbocycles. The molecule has 2 heterocycles. The summed E-state index contributed by atoms with van der Waals surface area (Å²) in [7, 11) is 0. The molecule has 112 valence electrons. The molecule has 0 unspecified atom stereocenters. The Labute approximate surface area is 121 Å². The Morgan fingerprint density at radius 3 is 2.70 bits per heavy atom. The molecule has 1 aliphatic heterocycles. The predicted molar refractivity (Wildman–Crippen MR) is 81.3 cm³/mol. The van der Waals surface area contributed by atoms with E-state index in [9.17, 15) is 0 Å². The zero-order valence-corrected chi connectivity index (χ0v) is 12.5. The van der Waals surface area contributed by atoms with Gasteiger partial charge in [-0.1, -0.05) is 6.92 Å².